The highest BCUT2D eigenvalue weighted by Crippen LogP contribution is 2.32. The standard InChI is InChI=1S/C19H33NO2/c1-8-9-10-11-19(6,7)22-18-14(2)12-16(4)20(17(5)21)13-15(18)3/h9,14-16,18H,1,10-13H2,2-7H3. The Kier molecular flexibility index (Phi) is 6.90. The van der Waals surface area contributed by atoms with E-state index < -0.39 is 0 Å². The highest BCUT2D eigenvalue weighted by atomic mass is 16.5. The van der Waals surface area contributed by atoms with Crippen molar-refractivity contribution in [2.45, 2.75) is 78.6 Å². The number of ether oxygens (including phenoxy) is 1. The Morgan fingerprint density at radius 1 is 1.36 bits per heavy atom. The average Bonchev–Trinajstić information content (AvgIpc) is 2.50. The summed E-state index contributed by atoms with van der Waals surface area (Å²) in [5.74, 6) is 0.962. The van der Waals surface area contributed by atoms with Crippen molar-refractivity contribution in [2.24, 2.45) is 11.8 Å². The van der Waals surface area contributed by atoms with Crippen molar-refractivity contribution in [3.05, 3.63) is 18.4 Å². The third-order valence-electron chi connectivity index (χ3n) is 4.75. The number of carbonyl (C=O) groups is 1. The van der Waals surface area contributed by atoms with Gasteiger partial charge in [-0.1, -0.05) is 20.4 Å². The van der Waals surface area contributed by atoms with Gasteiger partial charge in [0.15, 0.2) is 0 Å². The molecule has 3 nitrogen and oxygen atoms in total. The second-order valence-corrected chi connectivity index (χ2v) is 7.50. The van der Waals surface area contributed by atoms with Gasteiger partial charge in [0.25, 0.3) is 0 Å². The van der Waals surface area contributed by atoms with E-state index >= 15 is 0 Å². The first kappa shape index (κ1) is 19.0. The lowest BCUT2D eigenvalue weighted by atomic mass is 9.90. The van der Waals surface area contributed by atoms with E-state index in [1.54, 1.807) is 6.92 Å². The van der Waals surface area contributed by atoms with Crippen LogP contribution in [0.1, 0.15) is 60.8 Å². The minimum absolute atomic E-state index is 0.169. The molecule has 3 heteroatoms. The molecular weight excluding hydrogens is 274 g/mol. The van der Waals surface area contributed by atoms with Crippen molar-refractivity contribution in [2.75, 3.05) is 6.54 Å². The van der Waals surface area contributed by atoms with Gasteiger partial charge in [0, 0.05) is 25.4 Å². The summed E-state index contributed by atoms with van der Waals surface area (Å²) >= 11 is 0. The van der Waals surface area contributed by atoms with Gasteiger partial charge >= 0.3 is 0 Å². The molecule has 126 valence electrons. The molecule has 0 spiro atoms. The average molecular weight is 307 g/mol. The second-order valence-electron chi connectivity index (χ2n) is 7.50. The number of hydrogen-bond acceptors (Lipinski definition) is 2. The Bertz CT molecular complexity index is 423. The molecule has 1 rings (SSSR count). The molecule has 0 N–H and O–H groups in total. The van der Waals surface area contributed by atoms with Crippen LogP contribution >= 0.6 is 0 Å². The van der Waals surface area contributed by atoms with Crippen molar-refractivity contribution in [1.82, 2.24) is 4.90 Å². The molecule has 1 aliphatic rings. The van der Waals surface area contributed by atoms with Crippen molar-refractivity contribution < 1.29 is 9.53 Å². The fourth-order valence-corrected chi connectivity index (χ4v) is 3.57. The van der Waals surface area contributed by atoms with Crippen molar-refractivity contribution >= 4 is 5.91 Å². The normalized spacial score (nSPS) is 29.6. The summed E-state index contributed by atoms with van der Waals surface area (Å²) in [5.41, 5.74) is 2.65. The number of amides is 1. The summed E-state index contributed by atoms with van der Waals surface area (Å²) in [4.78, 5) is 13.8. The summed E-state index contributed by atoms with van der Waals surface area (Å²) in [6.07, 6.45) is 5.04. The molecule has 1 fully saturated rings. The molecule has 1 amide bonds. The minimum atomic E-state index is -0.171. The van der Waals surface area contributed by atoms with Crippen LogP contribution < -0.4 is 0 Å². The largest absolute Gasteiger partial charge is 0.372 e. The van der Waals surface area contributed by atoms with E-state index in [4.69, 9.17) is 4.74 Å². The van der Waals surface area contributed by atoms with Crippen LogP contribution in [0, 0.1) is 11.8 Å². The summed E-state index contributed by atoms with van der Waals surface area (Å²) in [5, 5.41) is 0. The lowest BCUT2D eigenvalue weighted by Crippen LogP contribution is -2.41. The maximum Gasteiger partial charge on any atom is 0.219 e. The fraction of sp³-hybridized carbons (Fsp3) is 0.789. The van der Waals surface area contributed by atoms with E-state index in [0.29, 0.717) is 11.8 Å². The van der Waals surface area contributed by atoms with Gasteiger partial charge in [0.1, 0.15) is 0 Å². The molecule has 0 saturated carbocycles. The summed E-state index contributed by atoms with van der Waals surface area (Å²) in [6, 6.07) is 0.287. The predicted molar refractivity (Wildman–Crippen MR) is 91.7 cm³/mol. The molecule has 4 atom stereocenters. The molecule has 1 aliphatic heterocycles. The summed E-state index contributed by atoms with van der Waals surface area (Å²) in [7, 11) is 0. The number of allylic oxidation sites excluding steroid dienone is 1. The second kappa shape index (κ2) is 7.99. The van der Waals surface area contributed by atoms with Crippen LogP contribution in [0.15, 0.2) is 18.4 Å². The Morgan fingerprint density at radius 3 is 2.55 bits per heavy atom. The van der Waals surface area contributed by atoms with Gasteiger partial charge < -0.3 is 9.64 Å². The maximum absolute atomic E-state index is 11.8. The first-order valence-corrected chi connectivity index (χ1v) is 8.47. The molecular formula is C19H33NO2. The fourth-order valence-electron chi connectivity index (χ4n) is 3.57. The molecule has 0 aromatic rings. The highest BCUT2D eigenvalue weighted by molar-refractivity contribution is 5.73. The molecule has 0 aliphatic carbocycles. The van der Waals surface area contributed by atoms with Crippen LogP contribution in [-0.2, 0) is 9.53 Å². The first-order chi connectivity index (χ1) is 10.2. The molecule has 0 aromatic heterocycles. The zero-order chi connectivity index (χ0) is 16.9. The molecule has 1 saturated heterocycles. The van der Waals surface area contributed by atoms with Crippen LogP contribution in [0.5, 0.6) is 0 Å². The van der Waals surface area contributed by atoms with E-state index in [2.05, 4.69) is 46.9 Å². The topological polar surface area (TPSA) is 29.5 Å². The van der Waals surface area contributed by atoms with Gasteiger partial charge in [-0.15, -0.1) is 5.73 Å². The number of carbonyl (C=O) groups excluding carboxylic acids is 1. The van der Waals surface area contributed by atoms with Gasteiger partial charge in [-0.3, -0.25) is 4.79 Å². The van der Waals surface area contributed by atoms with Crippen LogP contribution in [-0.4, -0.2) is 35.1 Å². The maximum atomic E-state index is 11.8. The third-order valence-corrected chi connectivity index (χ3v) is 4.75. The molecule has 4 unspecified atom stereocenters. The lowest BCUT2D eigenvalue weighted by Gasteiger charge is -2.36. The monoisotopic (exact) mass is 307 g/mol. The van der Waals surface area contributed by atoms with Crippen molar-refractivity contribution in [3.8, 4) is 0 Å². The number of likely N-dealkylation sites (tertiary alicyclic amines) is 1. The molecule has 22 heavy (non-hydrogen) atoms. The minimum Gasteiger partial charge on any atom is -0.372 e. The Labute approximate surface area is 136 Å². The Morgan fingerprint density at radius 2 is 2.00 bits per heavy atom. The van der Waals surface area contributed by atoms with E-state index in [1.807, 2.05) is 11.0 Å². The highest BCUT2D eigenvalue weighted by Gasteiger charge is 2.37. The van der Waals surface area contributed by atoms with E-state index in [0.717, 1.165) is 25.8 Å². The zero-order valence-electron chi connectivity index (χ0n) is 15.2. The summed E-state index contributed by atoms with van der Waals surface area (Å²) in [6.45, 7) is 17.0. The SMILES string of the molecule is C=C=CCCC(C)(C)OC1C(C)CC(C)N(C(C)=O)CC1C. The Balaban J connectivity index is 2.80. The van der Waals surface area contributed by atoms with Crippen molar-refractivity contribution in [1.29, 1.82) is 0 Å². The quantitative estimate of drug-likeness (QED) is 0.713. The summed E-state index contributed by atoms with van der Waals surface area (Å²) < 4.78 is 6.50. The predicted octanol–water partition coefficient (Wildman–Crippen LogP) is 4.18. The van der Waals surface area contributed by atoms with E-state index in [-0.39, 0.29) is 23.7 Å². The Hall–Kier alpha value is -1.05. The first-order valence-electron chi connectivity index (χ1n) is 8.47. The number of hydrogen-bond donors (Lipinski definition) is 0. The lowest BCUT2D eigenvalue weighted by molar-refractivity contribution is -0.132. The van der Waals surface area contributed by atoms with Gasteiger partial charge in [-0.25, -0.2) is 0 Å². The van der Waals surface area contributed by atoms with Crippen molar-refractivity contribution in [3.63, 3.8) is 0 Å². The molecule has 0 radical (unpaired) electrons. The van der Waals surface area contributed by atoms with Crippen LogP contribution in [0.3, 0.4) is 0 Å². The van der Waals surface area contributed by atoms with Crippen LogP contribution in [0.4, 0.5) is 0 Å². The smallest absolute Gasteiger partial charge is 0.219 e. The molecule has 0 bridgehead atoms. The van der Waals surface area contributed by atoms with Gasteiger partial charge in [-0.05, 0) is 52.0 Å². The zero-order valence-corrected chi connectivity index (χ0v) is 15.2. The van der Waals surface area contributed by atoms with Gasteiger partial charge in [-0.2, -0.15) is 0 Å². The van der Waals surface area contributed by atoms with E-state index in [9.17, 15) is 4.79 Å². The number of nitrogens with zero attached hydrogens (tertiary/aromatic N) is 1. The third kappa shape index (κ3) is 5.30. The van der Waals surface area contributed by atoms with Gasteiger partial charge in [0.05, 0.1) is 11.7 Å². The van der Waals surface area contributed by atoms with Gasteiger partial charge in [0.2, 0.25) is 5.91 Å². The van der Waals surface area contributed by atoms with Crippen LogP contribution in [0.25, 0.3) is 0 Å². The van der Waals surface area contributed by atoms with Crippen LogP contribution in [0.2, 0.25) is 0 Å². The van der Waals surface area contributed by atoms with E-state index in [1.165, 1.54) is 0 Å². The molecule has 0 aromatic carbocycles. The molecule has 1 heterocycles. The number of rotatable bonds is 5.